The van der Waals surface area contributed by atoms with E-state index in [9.17, 15) is 9.59 Å². The molecule has 0 aromatic carbocycles. The largest absolute Gasteiger partial charge is 0.459 e. The summed E-state index contributed by atoms with van der Waals surface area (Å²) in [5, 5.41) is 0. The average Bonchev–Trinajstić information content (AvgIpc) is 2.47. The minimum Gasteiger partial charge on any atom is -0.459 e. The molecule has 0 fully saturated rings. The topological polar surface area (TPSA) is 55.8 Å². The fourth-order valence-corrected chi connectivity index (χ4v) is 1.54. The maximum atomic E-state index is 11.6. The number of carbonyl (C=O) groups excluding carboxylic acids is 2. The molecule has 0 bridgehead atoms. The molecule has 0 N–H and O–H groups in total. The van der Waals surface area contributed by atoms with Crippen LogP contribution in [0.15, 0.2) is 24.3 Å². The quantitative estimate of drug-likeness (QED) is 0.348. The molecule has 0 unspecified atom stereocenters. The number of hydrogen-bond donors (Lipinski definition) is 0. The summed E-state index contributed by atoms with van der Waals surface area (Å²) in [6, 6.07) is 0. The Morgan fingerprint density at radius 2 is 1.75 bits per heavy atom. The van der Waals surface area contributed by atoms with Gasteiger partial charge in [0.2, 0.25) is 0 Å². The van der Waals surface area contributed by atoms with Gasteiger partial charge in [-0.15, -0.1) is 0 Å². The summed E-state index contributed by atoms with van der Waals surface area (Å²) in [7, 11) is 0. The van der Waals surface area contributed by atoms with Gasteiger partial charge in [0.05, 0.1) is 0 Å². The molecule has 0 amide bonds. The van der Waals surface area contributed by atoms with Crippen molar-refractivity contribution in [3.05, 3.63) is 24.3 Å². The third kappa shape index (κ3) is 8.48. The molecule has 114 valence electrons. The zero-order chi connectivity index (χ0) is 15.4. The highest BCUT2D eigenvalue weighted by molar-refractivity contribution is 5.87. The number of carbonyl (C=O) groups is 2. The molecule has 0 saturated heterocycles. The monoisotopic (exact) mass is 283 g/mol. The Labute approximate surface area is 121 Å². The van der Waals surface area contributed by atoms with Crippen molar-refractivity contribution in [1.82, 2.24) is 4.90 Å². The maximum absolute atomic E-state index is 11.6. The molecule has 5 heteroatoms. The van der Waals surface area contributed by atoms with Crippen LogP contribution in [0.25, 0.3) is 0 Å². The lowest BCUT2D eigenvalue weighted by Gasteiger charge is -2.16. The fourth-order valence-electron chi connectivity index (χ4n) is 1.54. The average molecular weight is 283 g/mol. The summed E-state index contributed by atoms with van der Waals surface area (Å²) in [5.74, 6) is -0.897. The van der Waals surface area contributed by atoms with Crippen LogP contribution in [0.1, 0.15) is 27.2 Å². The Hall–Kier alpha value is -1.62. The van der Waals surface area contributed by atoms with Gasteiger partial charge < -0.3 is 14.4 Å². The van der Waals surface area contributed by atoms with Crippen molar-refractivity contribution in [2.75, 3.05) is 32.8 Å². The normalized spacial score (nSPS) is 11.3. The highest BCUT2D eigenvalue weighted by Crippen LogP contribution is 2.01. The predicted octanol–water partition coefficient (Wildman–Crippen LogP) is 1.94. The summed E-state index contributed by atoms with van der Waals surface area (Å²) in [6.07, 6.45) is 3.75. The van der Waals surface area contributed by atoms with Gasteiger partial charge in [-0.2, -0.15) is 0 Å². The second-order valence-corrected chi connectivity index (χ2v) is 4.21. The maximum Gasteiger partial charge on any atom is 0.333 e. The molecule has 0 radical (unpaired) electrons. The number of rotatable bonds is 10. The van der Waals surface area contributed by atoms with Crippen molar-refractivity contribution in [2.45, 2.75) is 27.2 Å². The summed E-state index contributed by atoms with van der Waals surface area (Å²) in [6.45, 7) is 12.2. The second-order valence-electron chi connectivity index (χ2n) is 4.21. The van der Waals surface area contributed by atoms with E-state index in [4.69, 9.17) is 9.47 Å². The van der Waals surface area contributed by atoms with Crippen LogP contribution in [0.3, 0.4) is 0 Å². The Morgan fingerprint density at radius 3 is 2.30 bits per heavy atom. The lowest BCUT2D eigenvalue weighted by Crippen LogP contribution is -2.23. The van der Waals surface area contributed by atoms with Gasteiger partial charge in [0.25, 0.3) is 0 Å². The van der Waals surface area contributed by atoms with Gasteiger partial charge in [0, 0.05) is 18.2 Å². The molecule has 0 atom stereocenters. The van der Waals surface area contributed by atoms with E-state index in [2.05, 4.69) is 25.3 Å². The number of esters is 2. The molecule has 0 spiro atoms. The highest BCUT2D eigenvalue weighted by atomic mass is 16.6. The number of nitrogens with zero attached hydrogens (tertiary/aromatic N) is 1. The minimum atomic E-state index is -0.521. The first-order valence-electron chi connectivity index (χ1n) is 6.90. The number of ether oxygens (including phenoxy) is 2. The molecular formula is C15H25NO4. The smallest absolute Gasteiger partial charge is 0.333 e. The van der Waals surface area contributed by atoms with Crippen molar-refractivity contribution in [2.24, 2.45) is 0 Å². The SMILES string of the molecule is C=CC(=O)OCCOC(=O)C(C)=CCCN(CC)CC. The van der Waals surface area contributed by atoms with Crippen molar-refractivity contribution >= 4 is 11.9 Å². The molecule has 20 heavy (non-hydrogen) atoms. The van der Waals surface area contributed by atoms with Crippen LogP contribution in [0, 0.1) is 0 Å². The van der Waals surface area contributed by atoms with Crippen LogP contribution in [-0.4, -0.2) is 49.7 Å². The van der Waals surface area contributed by atoms with Crippen molar-refractivity contribution in [3.8, 4) is 0 Å². The first kappa shape index (κ1) is 18.4. The fraction of sp³-hybridized carbons (Fsp3) is 0.600. The van der Waals surface area contributed by atoms with Crippen LogP contribution in [0.2, 0.25) is 0 Å². The Balaban J connectivity index is 3.90. The van der Waals surface area contributed by atoms with Gasteiger partial charge >= 0.3 is 11.9 Å². The van der Waals surface area contributed by atoms with Crippen LogP contribution in [0.4, 0.5) is 0 Å². The Bertz CT molecular complexity index is 346. The minimum absolute atomic E-state index is 0.0450. The van der Waals surface area contributed by atoms with E-state index in [1.807, 2.05) is 6.08 Å². The van der Waals surface area contributed by atoms with E-state index in [0.29, 0.717) is 5.57 Å². The Morgan fingerprint density at radius 1 is 1.15 bits per heavy atom. The third-order valence-corrected chi connectivity index (χ3v) is 2.84. The molecule has 0 heterocycles. The molecule has 0 aromatic rings. The van der Waals surface area contributed by atoms with E-state index < -0.39 is 5.97 Å². The van der Waals surface area contributed by atoms with E-state index in [0.717, 1.165) is 32.1 Å². The van der Waals surface area contributed by atoms with Gasteiger partial charge in [0.15, 0.2) is 0 Å². The first-order valence-corrected chi connectivity index (χ1v) is 6.90. The molecule has 0 saturated carbocycles. The summed E-state index contributed by atoms with van der Waals surface area (Å²) in [5.41, 5.74) is 0.576. The zero-order valence-electron chi connectivity index (χ0n) is 12.7. The molecule has 5 nitrogen and oxygen atoms in total. The van der Waals surface area contributed by atoms with Crippen LogP contribution in [-0.2, 0) is 19.1 Å². The molecule has 0 aromatic heterocycles. The molecule has 0 rings (SSSR count). The Kier molecular flexibility index (Phi) is 10.3. The van der Waals surface area contributed by atoms with E-state index in [1.54, 1.807) is 6.92 Å². The van der Waals surface area contributed by atoms with E-state index in [1.165, 1.54) is 0 Å². The standard InChI is InChI=1S/C15H25NO4/c1-5-14(17)19-11-12-20-15(18)13(4)9-8-10-16(6-2)7-3/h5,9H,1,6-8,10-12H2,2-4H3. The van der Waals surface area contributed by atoms with Crippen LogP contribution >= 0.6 is 0 Å². The van der Waals surface area contributed by atoms with Gasteiger partial charge in [0.1, 0.15) is 13.2 Å². The lowest BCUT2D eigenvalue weighted by atomic mass is 10.2. The van der Waals surface area contributed by atoms with Crippen molar-refractivity contribution in [1.29, 1.82) is 0 Å². The van der Waals surface area contributed by atoms with Crippen LogP contribution < -0.4 is 0 Å². The van der Waals surface area contributed by atoms with Crippen LogP contribution in [0.5, 0.6) is 0 Å². The van der Waals surface area contributed by atoms with Gasteiger partial charge in [-0.25, -0.2) is 9.59 Å². The summed E-state index contributed by atoms with van der Waals surface area (Å²) < 4.78 is 9.68. The molecule has 0 aliphatic carbocycles. The summed E-state index contributed by atoms with van der Waals surface area (Å²) in [4.78, 5) is 24.6. The second kappa shape index (κ2) is 11.2. The van der Waals surface area contributed by atoms with Gasteiger partial charge in [-0.1, -0.05) is 26.5 Å². The molecule has 0 aliphatic rings. The lowest BCUT2D eigenvalue weighted by molar-refractivity contribution is -0.146. The van der Waals surface area contributed by atoms with Crippen molar-refractivity contribution < 1.29 is 19.1 Å². The van der Waals surface area contributed by atoms with Gasteiger partial charge in [-0.3, -0.25) is 0 Å². The van der Waals surface area contributed by atoms with Gasteiger partial charge in [-0.05, 0) is 26.4 Å². The molecule has 0 aliphatic heterocycles. The highest BCUT2D eigenvalue weighted by Gasteiger charge is 2.06. The third-order valence-electron chi connectivity index (χ3n) is 2.84. The first-order chi connectivity index (χ1) is 9.54. The van der Waals surface area contributed by atoms with E-state index >= 15 is 0 Å². The number of hydrogen-bond acceptors (Lipinski definition) is 5. The zero-order valence-corrected chi connectivity index (χ0v) is 12.7. The molecular weight excluding hydrogens is 258 g/mol. The predicted molar refractivity (Wildman–Crippen MR) is 78.3 cm³/mol. The van der Waals surface area contributed by atoms with Crippen molar-refractivity contribution in [3.63, 3.8) is 0 Å². The van der Waals surface area contributed by atoms with E-state index in [-0.39, 0.29) is 19.2 Å². The summed E-state index contributed by atoms with van der Waals surface area (Å²) >= 11 is 0.